The molecular weight excluding hydrogens is 213 g/mol. The molecule has 0 saturated heterocycles. The fourth-order valence-electron chi connectivity index (χ4n) is 2.70. The molecule has 94 valence electrons. The standard InChI is InChI=1S/C15H22FN/c1-2-15(12-8-10-13(16)11-9-12)17-14-6-4-3-5-7-14/h8-11,14-15,17H,2-7H2,1H3. The van der Waals surface area contributed by atoms with Crippen molar-refractivity contribution in [2.75, 3.05) is 0 Å². The van der Waals surface area contributed by atoms with E-state index in [0.717, 1.165) is 6.42 Å². The summed E-state index contributed by atoms with van der Waals surface area (Å²) in [6.07, 6.45) is 7.71. The van der Waals surface area contributed by atoms with Crippen LogP contribution in [0.15, 0.2) is 24.3 Å². The van der Waals surface area contributed by atoms with Gasteiger partial charge in [0.15, 0.2) is 0 Å². The van der Waals surface area contributed by atoms with E-state index in [9.17, 15) is 4.39 Å². The first-order valence-electron chi connectivity index (χ1n) is 6.81. The molecule has 0 amide bonds. The van der Waals surface area contributed by atoms with Gasteiger partial charge in [0.2, 0.25) is 0 Å². The highest BCUT2D eigenvalue weighted by Crippen LogP contribution is 2.23. The normalized spacial score (nSPS) is 19.2. The summed E-state index contributed by atoms with van der Waals surface area (Å²) in [6.45, 7) is 2.18. The topological polar surface area (TPSA) is 12.0 Å². The van der Waals surface area contributed by atoms with Crippen LogP contribution in [-0.2, 0) is 0 Å². The first kappa shape index (κ1) is 12.6. The van der Waals surface area contributed by atoms with Gasteiger partial charge in [-0.3, -0.25) is 0 Å². The van der Waals surface area contributed by atoms with Gasteiger partial charge in [0, 0.05) is 12.1 Å². The van der Waals surface area contributed by atoms with Crippen molar-refractivity contribution in [3.63, 3.8) is 0 Å². The third-order valence-corrected chi connectivity index (χ3v) is 3.72. The van der Waals surface area contributed by atoms with Gasteiger partial charge < -0.3 is 5.32 Å². The lowest BCUT2D eigenvalue weighted by Crippen LogP contribution is -2.34. The third kappa shape index (κ3) is 3.53. The Hall–Kier alpha value is -0.890. The molecule has 1 nitrogen and oxygen atoms in total. The zero-order chi connectivity index (χ0) is 12.1. The quantitative estimate of drug-likeness (QED) is 0.824. The third-order valence-electron chi connectivity index (χ3n) is 3.72. The van der Waals surface area contributed by atoms with Gasteiger partial charge in [-0.2, -0.15) is 0 Å². The van der Waals surface area contributed by atoms with E-state index in [-0.39, 0.29) is 5.82 Å². The minimum Gasteiger partial charge on any atom is -0.307 e. The van der Waals surface area contributed by atoms with Gasteiger partial charge in [-0.1, -0.05) is 38.3 Å². The zero-order valence-electron chi connectivity index (χ0n) is 10.6. The van der Waals surface area contributed by atoms with Crippen molar-refractivity contribution in [2.45, 2.75) is 57.5 Å². The first-order chi connectivity index (χ1) is 8.29. The Balaban J connectivity index is 1.97. The number of rotatable bonds is 4. The number of hydrogen-bond donors (Lipinski definition) is 1. The molecule has 0 bridgehead atoms. The molecule has 0 radical (unpaired) electrons. The summed E-state index contributed by atoms with van der Waals surface area (Å²) in [5.41, 5.74) is 1.21. The van der Waals surface area contributed by atoms with Crippen LogP contribution in [0.1, 0.15) is 57.1 Å². The van der Waals surface area contributed by atoms with Gasteiger partial charge in [-0.25, -0.2) is 4.39 Å². The van der Waals surface area contributed by atoms with Crippen molar-refractivity contribution in [1.82, 2.24) is 5.32 Å². The van der Waals surface area contributed by atoms with E-state index in [2.05, 4.69) is 12.2 Å². The predicted molar refractivity (Wildman–Crippen MR) is 69.4 cm³/mol. The molecule has 2 heteroatoms. The van der Waals surface area contributed by atoms with Gasteiger partial charge in [0.05, 0.1) is 0 Å². The van der Waals surface area contributed by atoms with Crippen LogP contribution < -0.4 is 5.32 Å². The molecule has 0 heterocycles. The van der Waals surface area contributed by atoms with Crippen LogP contribution in [0.3, 0.4) is 0 Å². The largest absolute Gasteiger partial charge is 0.307 e. The molecule has 1 N–H and O–H groups in total. The average Bonchev–Trinajstić information content (AvgIpc) is 2.38. The lowest BCUT2D eigenvalue weighted by Gasteiger charge is -2.28. The maximum Gasteiger partial charge on any atom is 0.123 e. The first-order valence-corrected chi connectivity index (χ1v) is 6.81. The molecule has 1 atom stereocenters. The van der Waals surface area contributed by atoms with E-state index in [1.165, 1.54) is 37.7 Å². The molecule has 1 aliphatic carbocycles. The van der Waals surface area contributed by atoms with Gasteiger partial charge in [0.25, 0.3) is 0 Å². The molecule has 1 saturated carbocycles. The monoisotopic (exact) mass is 235 g/mol. The molecule has 0 spiro atoms. The number of hydrogen-bond acceptors (Lipinski definition) is 1. The summed E-state index contributed by atoms with van der Waals surface area (Å²) >= 11 is 0. The summed E-state index contributed by atoms with van der Waals surface area (Å²) < 4.78 is 12.9. The van der Waals surface area contributed by atoms with Crippen molar-refractivity contribution in [3.05, 3.63) is 35.6 Å². The SMILES string of the molecule is CCC(NC1CCCCC1)c1ccc(F)cc1. The van der Waals surface area contributed by atoms with E-state index in [1.54, 1.807) is 12.1 Å². The van der Waals surface area contributed by atoms with Crippen LogP contribution in [0.2, 0.25) is 0 Å². The van der Waals surface area contributed by atoms with Crippen molar-refractivity contribution in [2.24, 2.45) is 0 Å². The van der Waals surface area contributed by atoms with E-state index >= 15 is 0 Å². The fourth-order valence-corrected chi connectivity index (χ4v) is 2.70. The lowest BCUT2D eigenvalue weighted by atomic mass is 9.93. The van der Waals surface area contributed by atoms with Gasteiger partial charge in [-0.15, -0.1) is 0 Å². The van der Waals surface area contributed by atoms with Gasteiger partial charge in [0.1, 0.15) is 5.82 Å². The zero-order valence-corrected chi connectivity index (χ0v) is 10.6. The van der Waals surface area contributed by atoms with Crippen LogP contribution >= 0.6 is 0 Å². The summed E-state index contributed by atoms with van der Waals surface area (Å²) in [5, 5.41) is 3.72. The van der Waals surface area contributed by atoms with E-state index in [4.69, 9.17) is 0 Å². The van der Waals surface area contributed by atoms with Crippen LogP contribution in [0.25, 0.3) is 0 Å². The molecule has 1 aromatic carbocycles. The number of benzene rings is 1. The molecule has 17 heavy (non-hydrogen) atoms. The van der Waals surface area contributed by atoms with Crippen LogP contribution in [0, 0.1) is 5.82 Å². The molecular formula is C15H22FN. The van der Waals surface area contributed by atoms with E-state index in [0.29, 0.717) is 12.1 Å². The van der Waals surface area contributed by atoms with Gasteiger partial charge in [-0.05, 0) is 37.0 Å². The highest BCUT2D eigenvalue weighted by Gasteiger charge is 2.17. The van der Waals surface area contributed by atoms with Crippen LogP contribution in [0.4, 0.5) is 4.39 Å². The molecule has 1 aliphatic rings. The molecule has 2 rings (SSSR count). The Morgan fingerprint density at radius 3 is 2.41 bits per heavy atom. The highest BCUT2D eigenvalue weighted by molar-refractivity contribution is 5.20. The summed E-state index contributed by atoms with van der Waals surface area (Å²) in [5.74, 6) is -0.152. The minimum absolute atomic E-state index is 0.152. The highest BCUT2D eigenvalue weighted by atomic mass is 19.1. The maximum absolute atomic E-state index is 12.9. The van der Waals surface area contributed by atoms with Crippen molar-refractivity contribution in [1.29, 1.82) is 0 Å². The van der Waals surface area contributed by atoms with Crippen LogP contribution in [-0.4, -0.2) is 6.04 Å². The minimum atomic E-state index is -0.152. The molecule has 1 fully saturated rings. The van der Waals surface area contributed by atoms with Crippen molar-refractivity contribution in [3.8, 4) is 0 Å². The summed E-state index contributed by atoms with van der Waals surface area (Å²) in [7, 11) is 0. The Morgan fingerprint density at radius 2 is 1.82 bits per heavy atom. The Labute approximate surface area is 103 Å². The number of halogens is 1. The Bertz CT molecular complexity index is 327. The van der Waals surface area contributed by atoms with Crippen molar-refractivity contribution < 1.29 is 4.39 Å². The lowest BCUT2D eigenvalue weighted by molar-refractivity contribution is 0.334. The smallest absolute Gasteiger partial charge is 0.123 e. The Kier molecular flexibility index (Phi) is 4.55. The Morgan fingerprint density at radius 1 is 1.18 bits per heavy atom. The predicted octanol–water partition coefficient (Wildman–Crippen LogP) is 4.20. The van der Waals surface area contributed by atoms with Crippen LogP contribution in [0.5, 0.6) is 0 Å². The summed E-state index contributed by atoms with van der Waals surface area (Å²) in [4.78, 5) is 0. The molecule has 0 aromatic heterocycles. The van der Waals surface area contributed by atoms with Crippen molar-refractivity contribution >= 4 is 0 Å². The second-order valence-corrected chi connectivity index (χ2v) is 5.01. The second-order valence-electron chi connectivity index (χ2n) is 5.01. The van der Waals surface area contributed by atoms with E-state index < -0.39 is 0 Å². The number of nitrogens with one attached hydrogen (secondary N) is 1. The molecule has 1 aromatic rings. The average molecular weight is 235 g/mol. The van der Waals surface area contributed by atoms with E-state index in [1.807, 2.05) is 12.1 Å². The second kappa shape index (κ2) is 6.15. The fraction of sp³-hybridized carbons (Fsp3) is 0.600. The summed E-state index contributed by atoms with van der Waals surface area (Å²) in [6, 6.07) is 7.94. The van der Waals surface area contributed by atoms with Gasteiger partial charge >= 0.3 is 0 Å². The molecule has 1 unspecified atom stereocenters. The maximum atomic E-state index is 12.9. The molecule has 0 aliphatic heterocycles.